The van der Waals surface area contributed by atoms with Crippen LogP contribution in [0.2, 0.25) is 0 Å². The quantitative estimate of drug-likeness (QED) is 0.780. The first-order valence-electron chi connectivity index (χ1n) is 8.03. The first kappa shape index (κ1) is 16.2. The maximum Gasteiger partial charge on any atom is 0.129 e. The van der Waals surface area contributed by atoms with Crippen LogP contribution in [0.15, 0.2) is 18.2 Å². The summed E-state index contributed by atoms with van der Waals surface area (Å²) >= 11 is 0. The molecule has 0 aromatic heterocycles. The molecule has 118 valence electrons. The minimum absolute atomic E-state index is 0.0911. The van der Waals surface area contributed by atoms with Gasteiger partial charge in [0.2, 0.25) is 0 Å². The number of nitrogens with one attached hydrogen (secondary N) is 1. The van der Waals surface area contributed by atoms with Crippen molar-refractivity contribution < 1.29 is 4.39 Å². The molecule has 0 spiro atoms. The molecule has 1 aliphatic rings. The molecular formula is C17H28FN3. The third kappa shape index (κ3) is 4.17. The standard InChI is InChI=1S/C17H28FN3/c1-4-10-19-12-15-16(18)8-5-9-17(15)21-11-6-7-14(21)13-20(2)3/h5,8-9,14,19H,4,6-7,10-13H2,1-3H3. The van der Waals surface area contributed by atoms with Gasteiger partial charge in [0.15, 0.2) is 0 Å². The predicted molar refractivity (Wildman–Crippen MR) is 87.3 cm³/mol. The van der Waals surface area contributed by atoms with Gasteiger partial charge in [0.25, 0.3) is 0 Å². The normalized spacial score (nSPS) is 18.7. The second-order valence-corrected chi connectivity index (χ2v) is 6.17. The lowest BCUT2D eigenvalue weighted by molar-refractivity contribution is 0.372. The fraction of sp³-hybridized carbons (Fsp3) is 0.647. The zero-order valence-electron chi connectivity index (χ0n) is 13.5. The molecule has 4 heteroatoms. The highest BCUT2D eigenvalue weighted by Gasteiger charge is 2.27. The third-order valence-corrected chi connectivity index (χ3v) is 4.09. The smallest absolute Gasteiger partial charge is 0.129 e. The Kier molecular flexibility index (Phi) is 6.00. The minimum atomic E-state index is -0.0911. The Hall–Kier alpha value is -1.13. The summed E-state index contributed by atoms with van der Waals surface area (Å²) < 4.78 is 14.2. The zero-order chi connectivity index (χ0) is 15.2. The van der Waals surface area contributed by atoms with Crippen LogP contribution in [0.25, 0.3) is 0 Å². The van der Waals surface area contributed by atoms with Crippen molar-refractivity contribution in [2.24, 2.45) is 0 Å². The number of hydrogen-bond acceptors (Lipinski definition) is 3. The van der Waals surface area contributed by atoms with Gasteiger partial charge in [0.05, 0.1) is 0 Å². The van der Waals surface area contributed by atoms with Gasteiger partial charge in [-0.25, -0.2) is 4.39 Å². The van der Waals surface area contributed by atoms with E-state index in [9.17, 15) is 4.39 Å². The number of likely N-dealkylation sites (N-methyl/N-ethyl adjacent to an activating group) is 1. The van der Waals surface area contributed by atoms with E-state index in [2.05, 4.69) is 42.2 Å². The van der Waals surface area contributed by atoms with Gasteiger partial charge >= 0.3 is 0 Å². The maximum atomic E-state index is 14.2. The lowest BCUT2D eigenvalue weighted by atomic mass is 10.1. The molecule has 1 fully saturated rings. The average molecular weight is 293 g/mol. The second-order valence-electron chi connectivity index (χ2n) is 6.17. The van der Waals surface area contributed by atoms with E-state index >= 15 is 0 Å². The van der Waals surface area contributed by atoms with Crippen LogP contribution in [0.4, 0.5) is 10.1 Å². The average Bonchev–Trinajstić information content (AvgIpc) is 2.88. The van der Waals surface area contributed by atoms with Crippen LogP contribution in [0.5, 0.6) is 0 Å². The van der Waals surface area contributed by atoms with Gasteiger partial charge in [-0.05, 0) is 52.0 Å². The molecular weight excluding hydrogens is 265 g/mol. The second kappa shape index (κ2) is 7.76. The summed E-state index contributed by atoms with van der Waals surface area (Å²) in [6.07, 6.45) is 3.45. The van der Waals surface area contributed by atoms with Crippen LogP contribution in [0.3, 0.4) is 0 Å². The van der Waals surface area contributed by atoms with E-state index < -0.39 is 0 Å². The lowest BCUT2D eigenvalue weighted by Gasteiger charge is -2.31. The van der Waals surface area contributed by atoms with E-state index in [-0.39, 0.29) is 5.82 Å². The van der Waals surface area contributed by atoms with Gasteiger partial charge in [0.1, 0.15) is 5.82 Å². The molecule has 1 aromatic carbocycles. The van der Waals surface area contributed by atoms with Gasteiger partial charge in [0, 0.05) is 36.9 Å². The number of anilines is 1. The van der Waals surface area contributed by atoms with Crippen molar-refractivity contribution in [1.82, 2.24) is 10.2 Å². The molecule has 1 heterocycles. The molecule has 0 amide bonds. The van der Waals surface area contributed by atoms with Crippen molar-refractivity contribution in [1.29, 1.82) is 0 Å². The largest absolute Gasteiger partial charge is 0.367 e. The Balaban J connectivity index is 2.19. The van der Waals surface area contributed by atoms with E-state index in [0.717, 1.165) is 37.3 Å². The summed E-state index contributed by atoms with van der Waals surface area (Å²) in [5, 5.41) is 3.33. The molecule has 0 bridgehead atoms. The van der Waals surface area contributed by atoms with Gasteiger partial charge in [-0.15, -0.1) is 0 Å². The van der Waals surface area contributed by atoms with Crippen LogP contribution in [0.1, 0.15) is 31.7 Å². The molecule has 1 unspecified atom stereocenters. The summed E-state index contributed by atoms with van der Waals surface area (Å²) in [7, 11) is 4.21. The van der Waals surface area contributed by atoms with E-state index in [1.54, 1.807) is 6.07 Å². The Morgan fingerprint density at radius 1 is 1.38 bits per heavy atom. The van der Waals surface area contributed by atoms with E-state index in [1.807, 2.05) is 6.07 Å². The van der Waals surface area contributed by atoms with Crippen LogP contribution in [-0.2, 0) is 6.54 Å². The van der Waals surface area contributed by atoms with Gasteiger partial charge in [-0.3, -0.25) is 0 Å². The fourth-order valence-electron chi connectivity index (χ4n) is 3.15. The maximum absolute atomic E-state index is 14.2. The van der Waals surface area contributed by atoms with Gasteiger partial charge < -0.3 is 15.1 Å². The summed E-state index contributed by atoms with van der Waals surface area (Å²) in [5.41, 5.74) is 1.89. The third-order valence-electron chi connectivity index (χ3n) is 4.09. The first-order valence-corrected chi connectivity index (χ1v) is 8.03. The van der Waals surface area contributed by atoms with E-state index in [1.165, 1.54) is 12.8 Å². The van der Waals surface area contributed by atoms with E-state index in [4.69, 9.17) is 0 Å². The Morgan fingerprint density at radius 2 is 2.19 bits per heavy atom. The zero-order valence-corrected chi connectivity index (χ0v) is 13.5. The van der Waals surface area contributed by atoms with Crippen molar-refractivity contribution in [2.45, 2.75) is 38.8 Å². The molecule has 1 atom stereocenters. The monoisotopic (exact) mass is 293 g/mol. The number of rotatable bonds is 7. The topological polar surface area (TPSA) is 18.5 Å². The van der Waals surface area contributed by atoms with Gasteiger partial charge in [-0.1, -0.05) is 13.0 Å². The number of nitrogens with zero attached hydrogens (tertiary/aromatic N) is 2. The molecule has 2 rings (SSSR count). The summed E-state index contributed by atoms with van der Waals surface area (Å²) in [6, 6.07) is 5.97. The Morgan fingerprint density at radius 3 is 2.90 bits per heavy atom. The lowest BCUT2D eigenvalue weighted by Crippen LogP contribution is -2.38. The highest BCUT2D eigenvalue weighted by Crippen LogP contribution is 2.30. The van der Waals surface area contributed by atoms with Crippen molar-refractivity contribution in [3.8, 4) is 0 Å². The van der Waals surface area contributed by atoms with Crippen LogP contribution >= 0.6 is 0 Å². The number of halogens is 1. The summed E-state index contributed by atoms with van der Waals surface area (Å²) in [5.74, 6) is -0.0911. The summed E-state index contributed by atoms with van der Waals surface area (Å²) in [6.45, 7) is 5.72. The molecule has 1 aromatic rings. The minimum Gasteiger partial charge on any atom is -0.367 e. The van der Waals surface area contributed by atoms with Gasteiger partial charge in [-0.2, -0.15) is 0 Å². The molecule has 0 aliphatic carbocycles. The van der Waals surface area contributed by atoms with Crippen LogP contribution in [0, 0.1) is 5.82 Å². The SMILES string of the molecule is CCCNCc1c(F)cccc1N1CCCC1CN(C)C. The number of benzene rings is 1. The fourth-order valence-corrected chi connectivity index (χ4v) is 3.15. The highest BCUT2D eigenvalue weighted by molar-refractivity contribution is 5.56. The van der Waals surface area contributed by atoms with Crippen molar-refractivity contribution >= 4 is 5.69 Å². The molecule has 21 heavy (non-hydrogen) atoms. The molecule has 3 nitrogen and oxygen atoms in total. The van der Waals surface area contributed by atoms with Crippen LogP contribution in [-0.4, -0.2) is 44.7 Å². The van der Waals surface area contributed by atoms with Crippen molar-refractivity contribution in [3.05, 3.63) is 29.6 Å². The van der Waals surface area contributed by atoms with Crippen molar-refractivity contribution in [2.75, 3.05) is 38.6 Å². The Bertz CT molecular complexity index is 448. The first-order chi connectivity index (χ1) is 10.1. The summed E-state index contributed by atoms with van der Waals surface area (Å²) in [4.78, 5) is 4.61. The number of hydrogen-bond donors (Lipinski definition) is 1. The Labute approximate surface area is 128 Å². The van der Waals surface area contributed by atoms with Crippen molar-refractivity contribution in [3.63, 3.8) is 0 Å². The van der Waals surface area contributed by atoms with E-state index in [0.29, 0.717) is 12.6 Å². The molecule has 0 saturated carbocycles. The highest BCUT2D eigenvalue weighted by atomic mass is 19.1. The van der Waals surface area contributed by atoms with Crippen LogP contribution < -0.4 is 10.2 Å². The molecule has 1 N–H and O–H groups in total. The molecule has 0 radical (unpaired) electrons. The molecule has 1 saturated heterocycles. The molecule has 1 aliphatic heterocycles. The predicted octanol–water partition coefficient (Wildman–Crippen LogP) is 2.86.